The van der Waals surface area contributed by atoms with Crippen LogP contribution in [-0.4, -0.2) is 33.0 Å². The molecule has 0 aliphatic heterocycles. The molecule has 0 saturated carbocycles. The lowest BCUT2D eigenvalue weighted by atomic mass is 10.0. The Balaban J connectivity index is 1.50. The van der Waals surface area contributed by atoms with E-state index in [1.54, 1.807) is 24.3 Å². The minimum atomic E-state index is -0.742. The maximum atomic E-state index is 12.9. The highest BCUT2D eigenvalue weighted by molar-refractivity contribution is 5.97. The number of fused-ring (bicyclic) bond motifs is 1. The van der Waals surface area contributed by atoms with Crippen LogP contribution in [0, 0.1) is 0 Å². The van der Waals surface area contributed by atoms with E-state index in [4.69, 9.17) is 0 Å². The van der Waals surface area contributed by atoms with Gasteiger partial charge in [0.15, 0.2) is 5.82 Å². The van der Waals surface area contributed by atoms with Crippen LogP contribution in [-0.2, 0) is 16.0 Å². The molecule has 2 aromatic heterocycles. The van der Waals surface area contributed by atoms with Gasteiger partial charge >= 0.3 is 5.76 Å². The number of anilines is 1. The number of hydrogen-bond donors (Lipinski definition) is 4. The van der Waals surface area contributed by atoms with Crippen molar-refractivity contribution in [2.24, 2.45) is 0 Å². The summed E-state index contributed by atoms with van der Waals surface area (Å²) in [4.78, 5) is 41.2. The van der Waals surface area contributed by atoms with Crippen molar-refractivity contribution < 1.29 is 14.1 Å². The molecule has 9 nitrogen and oxygen atoms in total. The predicted octanol–water partition coefficient (Wildman–Crippen LogP) is 2.20. The Morgan fingerprint density at radius 3 is 2.60 bits per heavy atom. The van der Waals surface area contributed by atoms with E-state index in [9.17, 15) is 14.4 Å². The van der Waals surface area contributed by atoms with Gasteiger partial charge in [-0.15, -0.1) is 0 Å². The second-order valence-corrected chi connectivity index (χ2v) is 6.83. The van der Waals surface area contributed by atoms with E-state index in [1.807, 2.05) is 30.5 Å². The molecule has 0 aliphatic carbocycles. The Morgan fingerprint density at radius 1 is 1.13 bits per heavy atom. The number of H-pyrrole nitrogens is 2. The average molecular weight is 405 g/mol. The van der Waals surface area contributed by atoms with Crippen molar-refractivity contribution in [1.82, 2.24) is 20.4 Å². The van der Waals surface area contributed by atoms with Gasteiger partial charge in [0, 0.05) is 41.7 Å². The van der Waals surface area contributed by atoms with Gasteiger partial charge < -0.3 is 15.6 Å². The Hall–Kier alpha value is -4.14. The number of carbonyl (C=O) groups is 2. The molecule has 0 fully saturated rings. The van der Waals surface area contributed by atoms with E-state index in [-0.39, 0.29) is 11.8 Å². The largest absolute Gasteiger partial charge is 0.439 e. The normalized spacial score (nSPS) is 11.9. The van der Waals surface area contributed by atoms with Crippen LogP contribution in [0.4, 0.5) is 5.69 Å². The standard InChI is InChI=1S/C21H19N5O4/c1-12(27)23-18(10-14-11-22-17-5-3-2-4-16(14)17)20(28)24-15-8-6-13(7-9-15)19-25-21(29)30-26-19/h2-9,11,18,22H,10H2,1H3,(H,23,27)(H,24,28)(H,25,26,29)/t18-/m0/s1. The zero-order chi connectivity index (χ0) is 21.1. The minimum Gasteiger partial charge on any atom is -0.361 e. The van der Waals surface area contributed by atoms with Gasteiger partial charge in [0.2, 0.25) is 11.8 Å². The number of aromatic nitrogens is 3. The summed E-state index contributed by atoms with van der Waals surface area (Å²) in [5.74, 6) is -0.968. The summed E-state index contributed by atoms with van der Waals surface area (Å²) in [6.07, 6.45) is 2.19. The highest BCUT2D eigenvalue weighted by Gasteiger charge is 2.21. The second kappa shape index (κ2) is 8.08. The van der Waals surface area contributed by atoms with E-state index < -0.39 is 11.8 Å². The molecule has 0 spiro atoms. The van der Waals surface area contributed by atoms with Crippen molar-refractivity contribution in [2.75, 3.05) is 5.32 Å². The van der Waals surface area contributed by atoms with Crippen molar-refractivity contribution in [1.29, 1.82) is 0 Å². The maximum absolute atomic E-state index is 12.9. The summed E-state index contributed by atoms with van der Waals surface area (Å²) in [5.41, 5.74) is 3.08. The van der Waals surface area contributed by atoms with Gasteiger partial charge in [0.1, 0.15) is 6.04 Å². The Labute approximate surface area is 170 Å². The molecule has 2 amide bonds. The average Bonchev–Trinajstić information content (AvgIpc) is 3.34. The van der Waals surface area contributed by atoms with Crippen LogP contribution in [0.1, 0.15) is 12.5 Å². The first-order valence-corrected chi connectivity index (χ1v) is 9.29. The molecule has 0 radical (unpaired) electrons. The fraction of sp³-hybridized carbons (Fsp3) is 0.143. The molecule has 9 heteroatoms. The molecule has 4 aromatic rings. The summed E-state index contributed by atoms with van der Waals surface area (Å²) in [7, 11) is 0. The molecule has 30 heavy (non-hydrogen) atoms. The molecule has 0 aliphatic rings. The predicted molar refractivity (Wildman–Crippen MR) is 111 cm³/mol. The number of rotatable bonds is 6. The topological polar surface area (TPSA) is 133 Å². The third kappa shape index (κ3) is 4.14. The first-order chi connectivity index (χ1) is 14.5. The highest BCUT2D eigenvalue weighted by Crippen LogP contribution is 2.20. The third-order valence-electron chi connectivity index (χ3n) is 4.66. The molecule has 4 rings (SSSR count). The first kappa shape index (κ1) is 19.2. The molecule has 0 unspecified atom stereocenters. The van der Waals surface area contributed by atoms with Gasteiger partial charge in [-0.1, -0.05) is 23.4 Å². The zero-order valence-electron chi connectivity index (χ0n) is 16.1. The molecule has 4 N–H and O–H groups in total. The Kier molecular flexibility index (Phi) is 5.17. The zero-order valence-corrected chi connectivity index (χ0v) is 16.1. The fourth-order valence-electron chi connectivity index (χ4n) is 3.27. The van der Waals surface area contributed by atoms with Crippen LogP contribution in [0.5, 0.6) is 0 Å². The van der Waals surface area contributed by atoms with Crippen molar-refractivity contribution in [3.8, 4) is 11.4 Å². The van der Waals surface area contributed by atoms with Crippen molar-refractivity contribution in [2.45, 2.75) is 19.4 Å². The van der Waals surface area contributed by atoms with E-state index in [0.717, 1.165) is 16.5 Å². The number of hydrogen-bond acceptors (Lipinski definition) is 5. The lowest BCUT2D eigenvalue weighted by Gasteiger charge is -2.17. The molecule has 1 atom stereocenters. The molecule has 152 valence electrons. The number of aromatic amines is 2. The number of nitrogens with one attached hydrogen (secondary N) is 4. The van der Waals surface area contributed by atoms with Crippen LogP contribution in [0.2, 0.25) is 0 Å². The minimum absolute atomic E-state index is 0.291. The fourth-order valence-corrected chi connectivity index (χ4v) is 3.27. The number of amides is 2. The van der Waals surface area contributed by atoms with Gasteiger partial charge in [0.05, 0.1) is 0 Å². The number of nitrogens with zero attached hydrogens (tertiary/aromatic N) is 1. The van der Waals surface area contributed by atoms with Gasteiger partial charge in [-0.05, 0) is 35.9 Å². The summed E-state index contributed by atoms with van der Waals surface area (Å²) in [6.45, 7) is 1.38. The number of benzene rings is 2. The van der Waals surface area contributed by atoms with Gasteiger partial charge in [-0.2, -0.15) is 0 Å². The molecular weight excluding hydrogens is 386 g/mol. The molecule has 2 aromatic carbocycles. The highest BCUT2D eigenvalue weighted by atomic mass is 16.5. The van der Waals surface area contributed by atoms with E-state index >= 15 is 0 Å². The lowest BCUT2D eigenvalue weighted by molar-refractivity contribution is -0.125. The van der Waals surface area contributed by atoms with Crippen LogP contribution in [0.25, 0.3) is 22.3 Å². The van der Waals surface area contributed by atoms with Gasteiger partial charge in [0.25, 0.3) is 0 Å². The smallest absolute Gasteiger partial charge is 0.361 e. The van der Waals surface area contributed by atoms with Crippen LogP contribution >= 0.6 is 0 Å². The van der Waals surface area contributed by atoms with Crippen molar-refractivity contribution in [3.05, 3.63) is 70.8 Å². The van der Waals surface area contributed by atoms with E-state index in [0.29, 0.717) is 23.5 Å². The van der Waals surface area contributed by atoms with Gasteiger partial charge in [-0.25, -0.2) is 4.79 Å². The quantitative estimate of drug-likeness (QED) is 0.390. The monoisotopic (exact) mass is 405 g/mol. The van der Waals surface area contributed by atoms with Crippen LogP contribution < -0.4 is 16.4 Å². The molecule has 0 bridgehead atoms. The SMILES string of the molecule is CC(=O)N[C@@H](Cc1c[nH]c2ccccc12)C(=O)Nc1ccc(-c2noc(=O)[nH]2)cc1. The summed E-state index contributed by atoms with van der Waals surface area (Å²) < 4.78 is 4.49. The molecule has 0 saturated heterocycles. The second-order valence-electron chi connectivity index (χ2n) is 6.83. The summed E-state index contributed by atoms with van der Waals surface area (Å²) >= 11 is 0. The maximum Gasteiger partial charge on any atom is 0.439 e. The summed E-state index contributed by atoms with van der Waals surface area (Å²) in [5, 5.41) is 10.2. The Morgan fingerprint density at radius 2 is 1.90 bits per heavy atom. The van der Waals surface area contributed by atoms with Crippen molar-refractivity contribution >= 4 is 28.4 Å². The third-order valence-corrected chi connectivity index (χ3v) is 4.66. The summed E-state index contributed by atoms with van der Waals surface area (Å²) in [6, 6.07) is 13.8. The Bertz CT molecular complexity index is 1250. The number of carbonyl (C=O) groups excluding carboxylic acids is 2. The van der Waals surface area contributed by atoms with E-state index in [1.165, 1.54) is 6.92 Å². The first-order valence-electron chi connectivity index (χ1n) is 9.29. The number of para-hydroxylation sites is 1. The van der Waals surface area contributed by atoms with Crippen LogP contribution in [0.15, 0.2) is 64.0 Å². The molecule has 2 heterocycles. The lowest BCUT2D eigenvalue weighted by Crippen LogP contribution is -2.44. The molecular formula is C21H19N5O4. The van der Waals surface area contributed by atoms with E-state index in [2.05, 4.69) is 30.3 Å². The van der Waals surface area contributed by atoms with Crippen molar-refractivity contribution in [3.63, 3.8) is 0 Å². The van der Waals surface area contributed by atoms with Crippen LogP contribution in [0.3, 0.4) is 0 Å². The van der Waals surface area contributed by atoms with Gasteiger partial charge in [-0.3, -0.25) is 19.1 Å².